The Kier molecular flexibility index (Phi) is 6.21. The minimum Gasteiger partial charge on any atom is -0.489 e. The summed E-state index contributed by atoms with van der Waals surface area (Å²) in [7, 11) is 1.27. The second kappa shape index (κ2) is 8.36. The average molecular weight is 348 g/mol. The molecule has 0 aliphatic carbocycles. The largest absolute Gasteiger partial charge is 0.489 e. The molecule has 0 bridgehead atoms. The van der Waals surface area contributed by atoms with Gasteiger partial charge in [0.05, 0.1) is 7.11 Å². The van der Waals surface area contributed by atoms with Gasteiger partial charge in [0, 0.05) is 17.5 Å². The molecule has 24 heavy (non-hydrogen) atoms. The van der Waals surface area contributed by atoms with Crippen molar-refractivity contribution in [2.45, 2.75) is 19.6 Å². The number of rotatable bonds is 6. The van der Waals surface area contributed by atoms with E-state index in [4.69, 9.17) is 21.1 Å². The summed E-state index contributed by atoms with van der Waals surface area (Å²) >= 11 is 5.96. The van der Waals surface area contributed by atoms with E-state index >= 15 is 0 Å². The summed E-state index contributed by atoms with van der Waals surface area (Å²) in [6.07, 6.45) is 0. The zero-order chi connectivity index (χ0) is 17.5. The lowest BCUT2D eigenvalue weighted by Gasteiger charge is -2.19. The van der Waals surface area contributed by atoms with E-state index in [0.717, 1.165) is 5.56 Å². The van der Waals surface area contributed by atoms with Crippen molar-refractivity contribution in [2.75, 3.05) is 7.11 Å². The van der Waals surface area contributed by atoms with Crippen LogP contribution in [0.2, 0.25) is 5.02 Å². The third-order valence-electron chi connectivity index (χ3n) is 3.30. The van der Waals surface area contributed by atoms with E-state index in [2.05, 4.69) is 5.32 Å². The van der Waals surface area contributed by atoms with Crippen molar-refractivity contribution in [1.82, 2.24) is 5.32 Å². The van der Waals surface area contributed by atoms with E-state index in [9.17, 15) is 9.59 Å². The molecule has 1 amide bonds. The standard InChI is InChI=1S/C18H18ClNO4/c1-12(21)20-17(18(22)23-2)15-8-3-4-9-16(15)24-11-13-6-5-7-14(19)10-13/h3-10,17H,11H2,1-2H3,(H,20,21). The van der Waals surface area contributed by atoms with E-state index < -0.39 is 12.0 Å². The molecule has 1 unspecified atom stereocenters. The number of halogens is 1. The van der Waals surface area contributed by atoms with Gasteiger partial charge >= 0.3 is 5.97 Å². The van der Waals surface area contributed by atoms with Crippen LogP contribution < -0.4 is 10.1 Å². The van der Waals surface area contributed by atoms with Crippen LogP contribution in [-0.4, -0.2) is 19.0 Å². The molecule has 1 atom stereocenters. The monoisotopic (exact) mass is 347 g/mol. The molecular formula is C18H18ClNO4. The first kappa shape index (κ1) is 17.8. The summed E-state index contributed by atoms with van der Waals surface area (Å²) in [6.45, 7) is 1.62. The van der Waals surface area contributed by atoms with Crippen molar-refractivity contribution < 1.29 is 19.1 Å². The maximum Gasteiger partial charge on any atom is 0.333 e. The summed E-state index contributed by atoms with van der Waals surface area (Å²) in [4.78, 5) is 23.4. The number of esters is 1. The summed E-state index contributed by atoms with van der Waals surface area (Å²) in [5.41, 5.74) is 1.42. The fraction of sp³-hybridized carbons (Fsp3) is 0.222. The first-order valence-electron chi connectivity index (χ1n) is 7.32. The molecule has 0 aromatic heterocycles. The highest BCUT2D eigenvalue weighted by Gasteiger charge is 2.25. The first-order valence-corrected chi connectivity index (χ1v) is 7.70. The Bertz CT molecular complexity index is 732. The molecule has 0 aliphatic rings. The van der Waals surface area contributed by atoms with Crippen LogP contribution in [0.15, 0.2) is 48.5 Å². The number of ether oxygens (including phenoxy) is 2. The normalized spacial score (nSPS) is 11.5. The Morgan fingerprint density at radius 3 is 2.58 bits per heavy atom. The molecule has 2 aromatic carbocycles. The number of carbonyl (C=O) groups is 2. The fourth-order valence-corrected chi connectivity index (χ4v) is 2.44. The lowest BCUT2D eigenvalue weighted by molar-refractivity contribution is -0.145. The van der Waals surface area contributed by atoms with Crippen LogP contribution in [0.5, 0.6) is 5.75 Å². The third kappa shape index (κ3) is 4.73. The summed E-state index contributed by atoms with van der Waals surface area (Å²) in [5, 5.41) is 3.20. The quantitative estimate of drug-likeness (QED) is 0.814. The molecule has 0 aliphatic heterocycles. The van der Waals surface area contributed by atoms with Gasteiger partial charge in [-0.15, -0.1) is 0 Å². The third-order valence-corrected chi connectivity index (χ3v) is 3.53. The van der Waals surface area contributed by atoms with Gasteiger partial charge < -0.3 is 14.8 Å². The van der Waals surface area contributed by atoms with Crippen molar-refractivity contribution in [2.24, 2.45) is 0 Å². The predicted molar refractivity (Wildman–Crippen MR) is 90.8 cm³/mol. The van der Waals surface area contributed by atoms with E-state index in [1.165, 1.54) is 14.0 Å². The SMILES string of the molecule is COC(=O)C(NC(C)=O)c1ccccc1OCc1cccc(Cl)c1. The predicted octanol–water partition coefficient (Wildman–Crippen LogP) is 3.27. The highest BCUT2D eigenvalue weighted by atomic mass is 35.5. The van der Waals surface area contributed by atoms with Gasteiger partial charge in [-0.1, -0.05) is 41.9 Å². The number of amides is 1. The van der Waals surface area contributed by atoms with E-state index in [1.54, 1.807) is 36.4 Å². The van der Waals surface area contributed by atoms with Crippen molar-refractivity contribution in [3.8, 4) is 5.75 Å². The van der Waals surface area contributed by atoms with Gasteiger partial charge in [0.1, 0.15) is 12.4 Å². The van der Waals surface area contributed by atoms with Crippen LogP contribution in [0, 0.1) is 0 Å². The fourth-order valence-electron chi connectivity index (χ4n) is 2.22. The topological polar surface area (TPSA) is 64.6 Å². The van der Waals surface area contributed by atoms with Gasteiger partial charge in [0.25, 0.3) is 0 Å². The molecule has 2 rings (SSSR count). The van der Waals surface area contributed by atoms with Gasteiger partial charge in [0.2, 0.25) is 5.91 Å². The number of para-hydroxylation sites is 1. The Balaban J connectivity index is 2.24. The summed E-state index contributed by atoms with van der Waals surface area (Å²) < 4.78 is 10.6. The molecule has 0 radical (unpaired) electrons. The molecule has 1 N–H and O–H groups in total. The van der Waals surface area contributed by atoms with E-state index in [0.29, 0.717) is 16.3 Å². The van der Waals surface area contributed by atoms with Crippen LogP contribution in [0.25, 0.3) is 0 Å². The van der Waals surface area contributed by atoms with E-state index in [-0.39, 0.29) is 12.5 Å². The number of hydrogen-bond donors (Lipinski definition) is 1. The molecule has 0 saturated heterocycles. The molecule has 126 valence electrons. The Hall–Kier alpha value is -2.53. The lowest BCUT2D eigenvalue weighted by Crippen LogP contribution is -2.33. The van der Waals surface area contributed by atoms with Crippen molar-refractivity contribution in [3.05, 3.63) is 64.7 Å². The Morgan fingerprint density at radius 2 is 1.92 bits per heavy atom. The van der Waals surface area contributed by atoms with Gasteiger partial charge in [-0.3, -0.25) is 4.79 Å². The minimum atomic E-state index is -0.928. The van der Waals surface area contributed by atoms with Crippen molar-refractivity contribution >= 4 is 23.5 Å². The molecule has 0 fully saturated rings. The van der Waals surface area contributed by atoms with Crippen LogP contribution in [0.1, 0.15) is 24.1 Å². The first-order chi connectivity index (χ1) is 11.5. The van der Waals surface area contributed by atoms with Gasteiger partial charge in [0.15, 0.2) is 6.04 Å². The van der Waals surface area contributed by atoms with E-state index in [1.807, 2.05) is 12.1 Å². The molecule has 2 aromatic rings. The second-order valence-corrected chi connectivity index (χ2v) is 5.55. The molecule has 6 heteroatoms. The zero-order valence-electron chi connectivity index (χ0n) is 13.4. The van der Waals surface area contributed by atoms with Crippen LogP contribution in [0.3, 0.4) is 0 Å². The highest BCUT2D eigenvalue weighted by Crippen LogP contribution is 2.27. The molecule has 0 heterocycles. The van der Waals surface area contributed by atoms with Crippen LogP contribution in [0.4, 0.5) is 0 Å². The summed E-state index contributed by atoms with van der Waals surface area (Å²) in [5.74, 6) is -0.416. The molecule has 0 saturated carbocycles. The number of carbonyl (C=O) groups excluding carboxylic acids is 2. The van der Waals surface area contributed by atoms with Gasteiger partial charge in [-0.2, -0.15) is 0 Å². The number of nitrogens with one attached hydrogen (secondary N) is 1. The lowest BCUT2D eigenvalue weighted by atomic mass is 10.1. The smallest absolute Gasteiger partial charge is 0.333 e. The number of hydrogen-bond acceptors (Lipinski definition) is 4. The number of benzene rings is 2. The summed E-state index contributed by atoms with van der Waals surface area (Å²) in [6, 6.07) is 13.4. The Morgan fingerprint density at radius 1 is 1.17 bits per heavy atom. The number of methoxy groups -OCH3 is 1. The Labute approximate surface area is 145 Å². The van der Waals surface area contributed by atoms with Gasteiger partial charge in [-0.25, -0.2) is 4.79 Å². The van der Waals surface area contributed by atoms with Crippen LogP contribution >= 0.6 is 11.6 Å². The second-order valence-electron chi connectivity index (χ2n) is 5.11. The maximum absolute atomic E-state index is 12.0. The van der Waals surface area contributed by atoms with Crippen molar-refractivity contribution in [3.63, 3.8) is 0 Å². The van der Waals surface area contributed by atoms with Crippen molar-refractivity contribution in [1.29, 1.82) is 0 Å². The molecular weight excluding hydrogens is 330 g/mol. The van der Waals surface area contributed by atoms with Gasteiger partial charge in [-0.05, 0) is 23.8 Å². The molecule has 5 nitrogen and oxygen atoms in total. The average Bonchev–Trinajstić information content (AvgIpc) is 2.57. The highest BCUT2D eigenvalue weighted by molar-refractivity contribution is 6.30. The zero-order valence-corrected chi connectivity index (χ0v) is 14.2. The van der Waals surface area contributed by atoms with Crippen LogP contribution in [-0.2, 0) is 20.9 Å². The minimum absolute atomic E-state index is 0.283. The maximum atomic E-state index is 12.0. The molecule has 0 spiro atoms.